The fourth-order valence-corrected chi connectivity index (χ4v) is 5.28. The van der Waals surface area contributed by atoms with E-state index in [-0.39, 0.29) is 73.6 Å². The van der Waals surface area contributed by atoms with Gasteiger partial charge in [-0.1, -0.05) is 12.2 Å². The van der Waals surface area contributed by atoms with Gasteiger partial charge < -0.3 is 44.6 Å². The smallest absolute Gasteiger partial charge is 0.197 e. The van der Waals surface area contributed by atoms with E-state index in [1.54, 1.807) is 6.92 Å². The van der Waals surface area contributed by atoms with E-state index in [2.05, 4.69) is 6.58 Å². The van der Waals surface area contributed by atoms with E-state index in [9.17, 15) is 45.3 Å². The van der Waals surface area contributed by atoms with Gasteiger partial charge in [0.25, 0.3) is 0 Å². The van der Waals surface area contributed by atoms with Crippen molar-refractivity contribution in [3.8, 4) is 68.3 Å². The lowest BCUT2D eigenvalue weighted by atomic mass is 9.91. The minimum atomic E-state index is -1.22. The normalized spacial score (nSPS) is 12.0. The van der Waals surface area contributed by atoms with Crippen molar-refractivity contribution in [1.29, 1.82) is 0 Å². The van der Waals surface area contributed by atoms with E-state index in [0.29, 0.717) is 11.1 Å². The Morgan fingerprint density at radius 1 is 0.717 bits per heavy atom. The third-order valence-corrected chi connectivity index (χ3v) is 7.68. The number of fused-ring (bicyclic) bond motifs is 2. The number of benzene rings is 4. The van der Waals surface area contributed by atoms with Gasteiger partial charge in [-0.05, 0) is 49.4 Å². The van der Waals surface area contributed by atoms with E-state index >= 15 is 0 Å². The largest absolute Gasteiger partial charge is 0.508 e. The number of hydrogen-bond acceptors (Lipinski definition) is 11. The molecule has 0 bridgehead atoms. The zero-order valence-corrected chi connectivity index (χ0v) is 24.1. The quantitative estimate of drug-likeness (QED) is 0.114. The molecule has 11 heteroatoms. The minimum Gasteiger partial charge on any atom is -0.508 e. The van der Waals surface area contributed by atoms with E-state index in [1.807, 2.05) is 0 Å². The van der Waals surface area contributed by atoms with Crippen molar-refractivity contribution in [2.75, 3.05) is 0 Å². The van der Waals surface area contributed by atoms with E-state index in [0.717, 1.165) is 24.3 Å². The zero-order valence-electron chi connectivity index (χ0n) is 24.1. The topological polar surface area (TPSA) is 202 Å². The summed E-state index contributed by atoms with van der Waals surface area (Å²) >= 11 is 0. The summed E-state index contributed by atoms with van der Waals surface area (Å²) in [5, 5.41) is 73.9. The van der Waals surface area contributed by atoms with Gasteiger partial charge in [0.2, 0.25) is 0 Å². The highest BCUT2D eigenvalue weighted by atomic mass is 16.3. The van der Waals surface area contributed by atoms with Crippen molar-refractivity contribution in [3.63, 3.8) is 0 Å². The van der Waals surface area contributed by atoms with Crippen molar-refractivity contribution < 1.29 is 44.6 Å². The predicted octanol–water partition coefficient (Wildman–Crippen LogP) is 5.61. The molecule has 6 rings (SSSR count). The molecule has 4 aromatic carbocycles. The van der Waals surface area contributed by atoms with Crippen LogP contribution in [0.3, 0.4) is 0 Å². The van der Waals surface area contributed by atoms with Crippen LogP contribution in [0.4, 0.5) is 0 Å². The average Bonchev–Trinajstić information content (AvgIpc) is 2.99. The summed E-state index contributed by atoms with van der Waals surface area (Å²) in [6, 6.07) is 14.1. The van der Waals surface area contributed by atoms with E-state index in [1.165, 1.54) is 42.5 Å². The Labute approximate surface area is 259 Å². The summed E-state index contributed by atoms with van der Waals surface area (Å²) in [6.45, 7) is 5.25. The molecule has 0 aliphatic rings. The molecule has 2 aromatic heterocycles. The van der Waals surface area contributed by atoms with Crippen LogP contribution in [0.2, 0.25) is 0 Å². The lowest BCUT2D eigenvalue weighted by Crippen LogP contribution is -2.13. The van der Waals surface area contributed by atoms with Crippen molar-refractivity contribution >= 4 is 21.9 Å². The summed E-state index contributed by atoms with van der Waals surface area (Å²) in [4.78, 5) is 26.4. The van der Waals surface area contributed by atoms with Gasteiger partial charge in [0.1, 0.15) is 62.4 Å². The van der Waals surface area contributed by atoms with E-state index < -0.39 is 40.0 Å². The first kappa shape index (κ1) is 29.9. The van der Waals surface area contributed by atoms with Gasteiger partial charge >= 0.3 is 0 Å². The SMILES string of the molecule is C=C(C)C(O)Cc1c(O)c(-c2cc(-c3cc(=O)c4c(O)cc(O)cc4o3)ccc2O)c2oc(-c3ccc(O)cc3)cc(=O)c2c1O. The maximum Gasteiger partial charge on any atom is 0.197 e. The van der Waals surface area contributed by atoms with Crippen LogP contribution in [0.25, 0.3) is 55.7 Å². The summed E-state index contributed by atoms with van der Waals surface area (Å²) in [7, 11) is 0. The van der Waals surface area contributed by atoms with Gasteiger partial charge in [-0.3, -0.25) is 9.59 Å². The Morgan fingerprint density at radius 3 is 2.02 bits per heavy atom. The number of hydrogen-bond donors (Lipinski definition) is 7. The van der Waals surface area contributed by atoms with Crippen molar-refractivity contribution in [1.82, 2.24) is 0 Å². The Balaban J connectivity index is 1.67. The highest BCUT2D eigenvalue weighted by Crippen LogP contribution is 2.48. The summed E-state index contributed by atoms with van der Waals surface area (Å²) < 4.78 is 11.9. The van der Waals surface area contributed by atoms with Crippen LogP contribution in [0.5, 0.6) is 34.5 Å². The number of aromatic hydroxyl groups is 6. The molecule has 1 unspecified atom stereocenters. The fourth-order valence-electron chi connectivity index (χ4n) is 5.28. The third-order valence-electron chi connectivity index (χ3n) is 7.68. The molecular formula is C35H26O11. The summed E-state index contributed by atoms with van der Waals surface area (Å²) in [5.74, 6) is -2.52. The summed E-state index contributed by atoms with van der Waals surface area (Å²) in [5.41, 5.74) is -1.37. The minimum absolute atomic E-state index is 0.0167. The van der Waals surface area contributed by atoms with Gasteiger partial charge in [-0.15, -0.1) is 0 Å². The molecule has 2 heterocycles. The molecule has 0 fully saturated rings. The summed E-state index contributed by atoms with van der Waals surface area (Å²) in [6.07, 6.45) is -1.56. The number of phenolic OH excluding ortho intramolecular Hbond substituents is 6. The number of aliphatic hydroxyl groups excluding tert-OH is 1. The number of phenols is 6. The third kappa shape index (κ3) is 5.04. The monoisotopic (exact) mass is 622 g/mol. The first-order valence-corrected chi connectivity index (χ1v) is 13.8. The van der Waals surface area contributed by atoms with Gasteiger partial charge in [-0.2, -0.15) is 0 Å². The molecule has 6 aromatic rings. The van der Waals surface area contributed by atoms with Crippen molar-refractivity contribution in [3.05, 3.63) is 105 Å². The molecule has 0 spiro atoms. The molecule has 0 aliphatic heterocycles. The Bertz CT molecular complexity index is 2330. The Hall–Kier alpha value is -6.20. The van der Waals surface area contributed by atoms with Crippen LogP contribution in [-0.4, -0.2) is 41.8 Å². The standard InChI is InChI=1S/C35H26O11/c1-15(2)23(39)12-21-33(43)30(35-32(34(21)44)26(42)14-27(46-35)16-3-6-18(36)7-4-16)20-9-17(5-8-22(20)38)28-13-25(41)31-24(40)10-19(37)11-29(31)45-28/h3-11,13-14,23,36-40,43-44H,1,12H2,2H3. The first-order chi connectivity index (χ1) is 21.8. The maximum atomic E-state index is 13.5. The maximum absolute atomic E-state index is 13.5. The molecule has 1 atom stereocenters. The van der Waals surface area contributed by atoms with Crippen LogP contribution in [0, 0.1) is 0 Å². The van der Waals surface area contributed by atoms with Crippen LogP contribution >= 0.6 is 0 Å². The van der Waals surface area contributed by atoms with Crippen LogP contribution < -0.4 is 10.9 Å². The van der Waals surface area contributed by atoms with Crippen molar-refractivity contribution in [2.45, 2.75) is 19.4 Å². The zero-order chi connectivity index (χ0) is 33.0. The number of rotatable bonds is 6. The molecule has 0 saturated heterocycles. The molecule has 46 heavy (non-hydrogen) atoms. The molecule has 0 aliphatic carbocycles. The fraction of sp³-hybridized carbons (Fsp3) is 0.0857. The van der Waals surface area contributed by atoms with Crippen LogP contribution in [-0.2, 0) is 6.42 Å². The molecule has 0 amide bonds. The average molecular weight is 623 g/mol. The molecular weight excluding hydrogens is 596 g/mol. The Morgan fingerprint density at radius 2 is 1.35 bits per heavy atom. The molecule has 0 radical (unpaired) electrons. The number of aliphatic hydroxyl groups is 1. The van der Waals surface area contributed by atoms with Gasteiger partial charge in [0.05, 0.1) is 11.7 Å². The first-order valence-electron chi connectivity index (χ1n) is 13.8. The second-order valence-electron chi connectivity index (χ2n) is 10.9. The van der Waals surface area contributed by atoms with Gasteiger partial charge in [0.15, 0.2) is 16.4 Å². The molecule has 232 valence electrons. The van der Waals surface area contributed by atoms with Crippen LogP contribution in [0.15, 0.2) is 97.3 Å². The highest BCUT2D eigenvalue weighted by Gasteiger charge is 2.28. The van der Waals surface area contributed by atoms with E-state index in [4.69, 9.17) is 8.83 Å². The van der Waals surface area contributed by atoms with Crippen LogP contribution in [0.1, 0.15) is 12.5 Å². The lowest BCUT2D eigenvalue weighted by Gasteiger charge is -2.19. The second kappa shape index (κ2) is 11.1. The molecule has 0 saturated carbocycles. The highest BCUT2D eigenvalue weighted by molar-refractivity contribution is 6.03. The molecule has 11 nitrogen and oxygen atoms in total. The molecule has 7 N–H and O–H groups in total. The lowest BCUT2D eigenvalue weighted by molar-refractivity contribution is 0.209. The second-order valence-corrected chi connectivity index (χ2v) is 10.9. The Kier molecular flexibility index (Phi) is 7.18. The van der Waals surface area contributed by atoms with Gasteiger partial charge in [-0.25, -0.2) is 0 Å². The predicted molar refractivity (Wildman–Crippen MR) is 169 cm³/mol. The van der Waals surface area contributed by atoms with Gasteiger partial charge in [0, 0.05) is 52.9 Å². The van der Waals surface area contributed by atoms with Crippen molar-refractivity contribution in [2.24, 2.45) is 0 Å².